The largest absolute Gasteiger partial charge is 0.393 e. The number of hydrogen-bond acceptors (Lipinski definition) is 6. The first-order valence-corrected chi connectivity index (χ1v) is 7.97. The van der Waals surface area contributed by atoms with Crippen molar-refractivity contribution in [1.82, 2.24) is 4.90 Å². The molecular formula is C13H18FN4O4P. The Balaban J connectivity index is 2.05. The molecule has 0 unspecified atom stereocenters. The molecule has 0 saturated carbocycles. The molecule has 0 aliphatic carbocycles. The van der Waals surface area contributed by atoms with E-state index in [0.717, 1.165) is 5.56 Å². The van der Waals surface area contributed by atoms with Crippen LogP contribution in [0.3, 0.4) is 0 Å². The molecule has 5 N–H and O–H groups in total. The van der Waals surface area contributed by atoms with Crippen LogP contribution in [0.5, 0.6) is 0 Å². The van der Waals surface area contributed by atoms with E-state index in [1.807, 2.05) is 4.90 Å². The Bertz CT molecular complexity index is 570. The number of amidine groups is 2. The van der Waals surface area contributed by atoms with E-state index in [-0.39, 0.29) is 24.2 Å². The Hall–Kier alpha value is -1.64. The lowest BCUT2D eigenvalue weighted by Gasteiger charge is -2.35. The molecule has 2 rings (SSSR count). The van der Waals surface area contributed by atoms with Gasteiger partial charge in [0.2, 0.25) is 0 Å². The van der Waals surface area contributed by atoms with Crippen molar-refractivity contribution in [3.05, 3.63) is 35.6 Å². The minimum absolute atomic E-state index is 0.0980. The number of morpholine rings is 1. The van der Waals surface area contributed by atoms with Crippen molar-refractivity contribution in [2.75, 3.05) is 26.3 Å². The molecule has 0 aromatic heterocycles. The monoisotopic (exact) mass is 344 g/mol. The van der Waals surface area contributed by atoms with Crippen LogP contribution in [0.25, 0.3) is 0 Å². The molecule has 1 aromatic carbocycles. The molecule has 1 atom stereocenters. The summed E-state index contributed by atoms with van der Waals surface area (Å²) < 4.78 is 22.9. The third kappa shape index (κ3) is 5.49. The molecular weight excluding hydrogens is 326 g/mol. The van der Waals surface area contributed by atoms with Gasteiger partial charge in [0.05, 0.1) is 25.8 Å². The quantitative estimate of drug-likeness (QED) is 0.362. The van der Waals surface area contributed by atoms with Crippen LogP contribution in [0, 0.1) is 11.2 Å². The van der Waals surface area contributed by atoms with Crippen LogP contribution in [0.2, 0.25) is 0 Å². The average Bonchev–Trinajstić information content (AvgIpc) is 2.47. The normalized spacial score (nSPS) is 19.8. The van der Waals surface area contributed by atoms with E-state index in [1.165, 1.54) is 12.1 Å². The van der Waals surface area contributed by atoms with Crippen LogP contribution >= 0.6 is 8.60 Å². The molecule has 1 aliphatic rings. The van der Waals surface area contributed by atoms with Gasteiger partial charge in [0.15, 0.2) is 0 Å². The second kappa shape index (κ2) is 8.28. The maximum atomic E-state index is 13.0. The zero-order valence-corrected chi connectivity index (χ0v) is 13.1. The summed E-state index contributed by atoms with van der Waals surface area (Å²) in [7, 11) is -2.69. The van der Waals surface area contributed by atoms with Gasteiger partial charge >= 0.3 is 14.6 Å². The van der Waals surface area contributed by atoms with E-state index in [9.17, 15) is 4.39 Å². The number of benzene rings is 1. The minimum Gasteiger partial charge on any atom is -0.392 e. The van der Waals surface area contributed by atoms with Crippen LogP contribution < -0.4 is 5.73 Å². The van der Waals surface area contributed by atoms with Crippen molar-refractivity contribution >= 4 is 20.5 Å². The van der Waals surface area contributed by atoms with Crippen LogP contribution in [0.1, 0.15) is 11.6 Å². The molecule has 0 spiro atoms. The molecule has 126 valence electrons. The fourth-order valence-corrected chi connectivity index (χ4v) is 2.49. The number of nitrogens with two attached hydrogens (primary N) is 1. The predicted molar refractivity (Wildman–Crippen MR) is 83.3 cm³/mol. The van der Waals surface area contributed by atoms with Crippen molar-refractivity contribution in [3.63, 3.8) is 0 Å². The Labute approximate surface area is 133 Å². The number of rotatable bonds is 4. The van der Waals surface area contributed by atoms with Gasteiger partial charge in [-0.2, -0.15) is 4.99 Å². The smallest absolute Gasteiger partial charge is 0.392 e. The topological polar surface area (TPSA) is 124 Å². The van der Waals surface area contributed by atoms with Gasteiger partial charge in [-0.1, -0.05) is 12.1 Å². The van der Waals surface area contributed by atoms with E-state index in [4.69, 9.17) is 25.7 Å². The van der Waals surface area contributed by atoms with Crippen molar-refractivity contribution in [2.45, 2.75) is 6.04 Å². The highest BCUT2D eigenvalue weighted by Crippen LogP contribution is 2.25. The number of aliphatic imine (C=N–C) groups is 1. The highest BCUT2D eigenvalue weighted by Gasteiger charge is 2.25. The Morgan fingerprint density at radius 1 is 1.48 bits per heavy atom. The Morgan fingerprint density at radius 3 is 2.83 bits per heavy atom. The summed E-state index contributed by atoms with van der Waals surface area (Å²) in [6.45, 7) is 1.80. The summed E-state index contributed by atoms with van der Waals surface area (Å²) in [6.07, 6.45) is 0. The summed E-state index contributed by atoms with van der Waals surface area (Å²) in [5, 5.41) is 7.33. The van der Waals surface area contributed by atoms with Gasteiger partial charge in [0.25, 0.3) is 0 Å². The van der Waals surface area contributed by atoms with Crippen LogP contribution in [0.4, 0.5) is 4.39 Å². The summed E-state index contributed by atoms with van der Waals surface area (Å²) in [4.78, 5) is 23.0. The molecule has 0 radical (unpaired) electrons. The van der Waals surface area contributed by atoms with E-state index in [0.29, 0.717) is 19.8 Å². The number of hydrogen-bond donors (Lipinski definition) is 4. The molecule has 1 saturated heterocycles. The summed E-state index contributed by atoms with van der Waals surface area (Å²) in [5.74, 6) is -0.214. The molecule has 10 heteroatoms. The molecule has 0 amide bonds. The third-order valence-electron chi connectivity index (χ3n) is 3.27. The zero-order valence-electron chi connectivity index (χ0n) is 12.2. The fraction of sp³-hybridized carbons (Fsp3) is 0.385. The van der Waals surface area contributed by atoms with Crippen LogP contribution in [0.15, 0.2) is 29.3 Å². The van der Waals surface area contributed by atoms with Gasteiger partial charge in [0.1, 0.15) is 11.7 Å². The average molecular weight is 344 g/mol. The lowest BCUT2D eigenvalue weighted by molar-refractivity contribution is -0.000677. The predicted octanol–water partition coefficient (Wildman–Crippen LogP) is 0.719. The lowest BCUT2D eigenvalue weighted by atomic mass is 10.0. The molecule has 1 aliphatic heterocycles. The minimum atomic E-state index is -2.69. The van der Waals surface area contributed by atoms with E-state index >= 15 is 0 Å². The summed E-state index contributed by atoms with van der Waals surface area (Å²) >= 11 is 0. The third-order valence-corrected chi connectivity index (χ3v) is 3.61. The lowest BCUT2D eigenvalue weighted by Crippen LogP contribution is -2.44. The standard InChI is InChI=1S/C13H18FN4O4P/c14-10-3-1-9(2-4-10)11-8-21-6-5-18(11)7-12(15)17-13(16)22-23(19)20/h1-4,11,19-20H,5-8H2,(H3,15,16,17)/t11-/m1/s1. The first-order chi connectivity index (χ1) is 11.0. The highest BCUT2D eigenvalue weighted by molar-refractivity contribution is 7.40. The van der Waals surface area contributed by atoms with Crippen molar-refractivity contribution in [2.24, 2.45) is 10.7 Å². The van der Waals surface area contributed by atoms with Gasteiger partial charge in [-0.3, -0.25) is 4.90 Å². The molecule has 23 heavy (non-hydrogen) atoms. The van der Waals surface area contributed by atoms with Crippen molar-refractivity contribution in [3.8, 4) is 0 Å². The van der Waals surface area contributed by atoms with Gasteiger partial charge in [-0.05, 0) is 17.7 Å². The van der Waals surface area contributed by atoms with Gasteiger partial charge < -0.3 is 24.8 Å². The molecule has 1 aromatic rings. The van der Waals surface area contributed by atoms with Gasteiger partial charge in [-0.25, -0.2) is 9.80 Å². The molecule has 1 heterocycles. The second-order valence-corrected chi connectivity index (χ2v) is 5.55. The molecule has 0 bridgehead atoms. The summed E-state index contributed by atoms with van der Waals surface area (Å²) in [6, 6.07) is 5.36. The van der Waals surface area contributed by atoms with E-state index in [2.05, 4.69) is 9.52 Å². The fourth-order valence-electron chi connectivity index (χ4n) is 2.29. The maximum absolute atomic E-state index is 13.0. The van der Waals surface area contributed by atoms with Gasteiger partial charge in [-0.15, -0.1) is 0 Å². The number of nitrogens with one attached hydrogen (secondary N) is 1. The number of ether oxygens (including phenoxy) is 1. The molecule has 8 nitrogen and oxygen atoms in total. The van der Waals surface area contributed by atoms with Crippen LogP contribution in [-0.2, 0) is 9.26 Å². The SMILES string of the molecule is N=C(/N=C(\N)CN1CCOC[C@@H]1c1ccc(F)cc1)OP(O)O. The van der Waals surface area contributed by atoms with E-state index in [1.54, 1.807) is 12.1 Å². The van der Waals surface area contributed by atoms with Crippen LogP contribution in [-0.4, -0.2) is 52.8 Å². The Kier molecular flexibility index (Phi) is 6.37. The first kappa shape index (κ1) is 17.7. The zero-order chi connectivity index (χ0) is 16.8. The number of halogens is 1. The summed E-state index contributed by atoms with van der Waals surface area (Å²) in [5.41, 5.74) is 6.66. The Morgan fingerprint density at radius 2 is 2.17 bits per heavy atom. The first-order valence-electron chi connectivity index (χ1n) is 6.80. The van der Waals surface area contributed by atoms with Gasteiger partial charge in [0, 0.05) is 6.54 Å². The molecule has 1 fully saturated rings. The van der Waals surface area contributed by atoms with E-state index < -0.39 is 14.6 Å². The highest BCUT2D eigenvalue weighted by atomic mass is 31.2. The van der Waals surface area contributed by atoms with Crippen molar-refractivity contribution < 1.29 is 23.4 Å². The second-order valence-electron chi connectivity index (χ2n) is 4.87. The maximum Gasteiger partial charge on any atom is 0.393 e. The number of nitrogens with zero attached hydrogens (tertiary/aromatic N) is 2. The van der Waals surface area contributed by atoms with Crippen molar-refractivity contribution in [1.29, 1.82) is 5.41 Å².